The summed E-state index contributed by atoms with van der Waals surface area (Å²) in [5, 5.41) is 10.2. The predicted molar refractivity (Wildman–Crippen MR) is 81.3 cm³/mol. The molecule has 3 N–H and O–H groups in total. The van der Waals surface area contributed by atoms with Gasteiger partial charge in [0.1, 0.15) is 11.9 Å². The molecule has 1 aromatic carbocycles. The molecular weight excluding hydrogens is 282 g/mol. The van der Waals surface area contributed by atoms with Gasteiger partial charge in [-0.2, -0.15) is 0 Å². The second-order valence-corrected chi connectivity index (χ2v) is 6.19. The van der Waals surface area contributed by atoms with Crippen molar-refractivity contribution >= 4 is 17.5 Å². The first-order chi connectivity index (χ1) is 10.3. The van der Waals surface area contributed by atoms with Gasteiger partial charge in [-0.25, -0.2) is 0 Å². The van der Waals surface area contributed by atoms with E-state index < -0.39 is 11.3 Å². The maximum atomic E-state index is 12.1. The minimum absolute atomic E-state index is 0.0190. The summed E-state index contributed by atoms with van der Waals surface area (Å²) in [7, 11) is 3.54. The number of carbonyl (C=O) groups excluding carboxylic acids is 2. The fourth-order valence-corrected chi connectivity index (χ4v) is 3.96. The van der Waals surface area contributed by atoms with Gasteiger partial charge in [-0.1, -0.05) is 19.1 Å². The van der Waals surface area contributed by atoms with Crippen LogP contribution in [0.3, 0.4) is 0 Å². The number of primary amides is 1. The van der Waals surface area contributed by atoms with Crippen LogP contribution in [0.2, 0.25) is 0 Å². The third-order valence-electron chi connectivity index (χ3n) is 4.78. The zero-order valence-corrected chi connectivity index (χ0v) is 12.8. The molecule has 2 heterocycles. The molecule has 1 aromatic rings. The molecule has 2 amide bonds. The molecule has 0 aromatic heterocycles. The summed E-state index contributed by atoms with van der Waals surface area (Å²) in [5.41, 5.74) is 6.51. The van der Waals surface area contributed by atoms with Gasteiger partial charge >= 0.3 is 0 Å². The summed E-state index contributed by atoms with van der Waals surface area (Å²) < 4.78 is 0. The van der Waals surface area contributed by atoms with Crippen LogP contribution in [0.15, 0.2) is 29.8 Å². The average molecular weight is 301 g/mol. The standard InChI is InChI=1S/C16H19N3O3/c1-16-8-11(21)18(2)15(16)19(3)13(12(16)14(17)22)9-6-4-5-7-10(9)20/h4-7,15,20H,8H2,1-3H3,(H2,17,22)/t15-,16+/m1/s1. The molecule has 2 atom stereocenters. The van der Waals surface area contributed by atoms with E-state index in [1.54, 1.807) is 36.2 Å². The molecule has 1 saturated heterocycles. The molecule has 0 unspecified atom stereocenters. The molecule has 2 aliphatic heterocycles. The van der Waals surface area contributed by atoms with Crippen LogP contribution in [-0.2, 0) is 9.59 Å². The first-order valence-corrected chi connectivity index (χ1v) is 7.10. The number of amides is 2. The van der Waals surface area contributed by atoms with Gasteiger partial charge in [-0.3, -0.25) is 9.59 Å². The first-order valence-electron chi connectivity index (χ1n) is 7.10. The highest BCUT2D eigenvalue weighted by Gasteiger charge is 2.58. The fraction of sp³-hybridized carbons (Fsp3) is 0.375. The molecule has 3 rings (SSSR count). The largest absolute Gasteiger partial charge is 0.507 e. The topological polar surface area (TPSA) is 86.9 Å². The van der Waals surface area contributed by atoms with Crippen molar-refractivity contribution in [2.75, 3.05) is 14.1 Å². The number of likely N-dealkylation sites (tertiary alicyclic amines) is 1. The van der Waals surface area contributed by atoms with Crippen LogP contribution < -0.4 is 5.73 Å². The molecular formula is C16H19N3O3. The summed E-state index contributed by atoms with van der Waals surface area (Å²) in [6.07, 6.45) is -0.0504. The number of nitrogens with zero attached hydrogens (tertiary/aromatic N) is 2. The number of rotatable bonds is 2. The van der Waals surface area contributed by atoms with Crippen LogP contribution in [-0.4, -0.2) is 47.0 Å². The molecule has 6 nitrogen and oxygen atoms in total. The lowest BCUT2D eigenvalue weighted by Crippen LogP contribution is -2.44. The fourth-order valence-electron chi connectivity index (χ4n) is 3.96. The SMILES string of the molecule is CN1C(=O)C[C@@]2(C)C(C(N)=O)=C(c3ccccc3O)N(C)[C@@H]12. The van der Waals surface area contributed by atoms with Crippen molar-refractivity contribution in [3.05, 3.63) is 35.4 Å². The van der Waals surface area contributed by atoms with E-state index in [1.165, 1.54) is 0 Å². The number of aromatic hydroxyl groups is 1. The van der Waals surface area contributed by atoms with E-state index in [0.29, 0.717) is 16.8 Å². The summed E-state index contributed by atoms with van der Waals surface area (Å²) in [5.74, 6) is -0.492. The van der Waals surface area contributed by atoms with Gasteiger partial charge < -0.3 is 20.6 Å². The number of hydrogen-bond donors (Lipinski definition) is 2. The normalized spacial score (nSPS) is 27.6. The number of benzene rings is 1. The van der Waals surface area contributed by atoms with Crippen molar-refractivity contribution in [3.63, 3.8) is 0 Å². The van der Waals surface area contributed by atoms with Gasteiger partial charge in [0.25, 0.3) is 0 Å². The second-order valence-electron chi connectivity index (χ2n) is 6.19. The van der Waals surface area contributed by atoms with Crippen molar-refractivity contribution in [1.29, 1.82) is 0 Å². The molecule has 6 heteroatoms. The maximum Gasteiger partial charge on any atom is 0.247 e. The van der Waals surface area contributed by atoms with E-state index in [0.717, 1.165) is 0 Å². The van der Waals surface area contributed by atoms with E-state index in [4.69, 9.17) is 5.73 Å². The highest BCUT2D eigenvalue weighted by Crippen LogP contribution is 2.54. The predicted octanol–water partition coefficient (Wildman–Crippen LogP) is 0.728. The van der Waals surface area contributed by atoms with Crippen molar-refractivity contribution in [2.45, 2.75) is 19.5 Å². The Morgan fingerprint density at radius 3 is 2.55 bits per heavy atom. The van der Waals surface area contributed by atoms with Crippen molar-refractivity contribution < 1.29 is 14.7 Å². The number of nitrogens with two attached hydrogens (primary N) is 1. The van der Waals surface area contributed by atoms with E-state index in [1.807, 2.05) is 18.9 Å². The summed E-state index contributed by atoms with van der Waals surface area (Å²) in [6.45, 7) is 1.88. The number of carbonyl (C=O) groups is 2. The zero-order valence-electron chi connectivity index (χ0n) is 12.8. The van der Waals surface area contributed by atoms with E-state index in [9.17, 15) is 14.7 Å². The molecule has 116 valence electrons. The third kappa shape index (κ3) is 1.66. The van der Waals surface area contributed by atoms with Gasteiger partial charge in [0.05, 0.1) is 11.3 Å². The number of para-hydroxylation sites is 1. The summed E-state index contributed by atoms with van der Waals surface area (Å²) >= 11 is 0. The maximum absolute atomic E-state index is 12.1. The lowest BCUT2D eigenvalue weighted by Gasteiger charge is -2.33. The average Bonchev–Trinajstić information content (AvgIpc) is 2.79. The minimum Gasteiger partial charge on any atom is -0.507 e. The van der Waals surface area contributed by atoms with Gasteiger partial charge in [0.2, 0.25) is 11.8 Å². The zero-order chi connectivity index (χ0) is 16.2. The molecule has 0 saturated carbocycles. The summed E-state index contributed by atoms with van der Waals surface area (Å²) in [4.78, 5) is 27.7. The lowest BCUT2D eigenvalue weighted by molar-refractivity contribution is -0.128. The third-order valence-corrected chi connectivity index (χ3v) is 4.78. The van der Waals surface area contributed by atoms with Crippen LogP contribution in [0.1, 0.15) is 18.9 Å². The van der Waals surface area contributed by atoms with Gasteiger partial charge in [0, 0.05) is 31.5 Å². The summed E-state index contributed by atoms with van der Waals surface area (Å²) in [6, 6.07) is 6.83. The van der Waals surface area contributed by atoms with E-state index in [2.05, 4.69) is 0 Å². The number of hydrogen-bond acceptors (Lipinski definition) is 4. The van der Waals surface area contributed by atoms with Crippen LogP contribution in [0, 0.1) is 5.41 Å². The Hall–Kier alpha value is -2.50. The molecule has 0 bridgehead atoms. The Morgan fingerprint density at radius 1 is 1.32 bits per heavy atom. The Labute approximate surface area is 128 Å². The van der Waals surface area contributed by atoms with E-state index in [-0.39, 0.29) is 24.2 Å². The molecule has 2 aliphatic rings. The molecule has 0 radical (unpaired) electrons. The number of fused-ring (bicyclic) bond motifs is 1. The van der Waals surface area contributed by atoms with E-state index >= 15 is 0 Å². The smallest absolute Gasteiger partial charge is 0.247 e. The Bertz CT molecular complexity index is 712. The Kier molecular flexibility index (Phi) is 2.95. The van der Waals surface area contributed by atoms with Crippen LogP contribution in [0.5, 0.6) is 5.75 Å². The Morgan fingerprint density at radius 2 is 1.95 bits per heavy atom. The van der Waals surface area contributed by atoms with Crippen LogP contribution >= 0.6 is 0 Å². The van der Waals surface area contributed by atoms with Gasteiger partial charge in [0.15, 0.2) is 0 Å². The molecule has 1 fully saturated rings. The molecule has 0 spiro atoms. The second kappa shape index (κ2) is 4.50. The lowest BCUT2D eigenvalue weighted by atomic mass is 9.79. The van der Waals surface area contributed by atoms with Crippen molar-refractivity contribution in [1.82, 2.24) is 9.80 Å². The molecule has 0 aliphatic carbocycles. The van der Waals surface area contributed by atoms with Crippen LogP contribution in [0.25, 0.3) is 5.70 Å². The Balaban J connectivity index is 2.27. The van der Waals surface area contributed by atoms with Crippen molar-refractivity contribution in [3.8, 4) is 5.75 Å². The number of phenols is 1. The van der Waals surface area contributed by atoms with Gasteiger partial charge in [-0.05, 0) is 12.1 Å². The van der Waals surface area contributed by atoms with Crippen molar-refractivity contribution in [2.24, 2.45) is 11.1 Å². The molecule has 22 heavy (non-hydrogen) atoms. The monoisotopic (exact) mass is 301 g/mol. The van der Waals surface area contributed by atoms with Gasteiger partial charge in [-0.15, -0.1) is 0 Å². The quantitative estimate of drug-likeness (QED) is 0.843. The highest BCUT2D eigenvalue weighted by atomic mass is 16.3. The highest BCUT2D eigenvalue weighted by molar-refractivity contribution is 6.05. The minimum atomic E-state index is -0.677. The number of phenolic OH excluding ortho intramolecular Hbond substituents is 1. The first kappa shape index (κ1) is 14.4. The van der Waals surface area contributed by atoms with Crippen LogP contribution in [0.4, 0.5) is 0 Å².